The van der Waals surface area contributed by atoms with E-state index in [-0.39, 0.29) is 34.3 Å². The molecule has 0 bridgehead atoms. The van der Waals surface area contributed by atoms with Crippen molar-refractivity contribution in [3.8, 4) is 0 Å². The zero-order valence-electron chi connectivity index (χ0n) is 16.7. The molecule has 3 aromatic carbocycles. The number of amides is 1. The Bertz CT molecular complexity index is 1390. The molecular formula is C25H17ClFNO4. The van der Waals surface area contributed by atoms with E-state index in [1.807, 2.05) is 6.07 Å². The first-order valence-corrected chi connectivity index (χ1v) is 10.4. The lowest BCUT2D eigenvalue weighted by molar-refractivity contribution is 0.0583. The molecule has 2 heterocycles. The Balaban J connectivity index is 1.68. The number of β-amino-alcohol motifs (C(OH)–C–C–N with tert-alkyl or cyclic N) is 1. The number of carbonyl (C=O) groups is 1. The summed E-state index contributed by atoms with van der Waals surface area (Å²) in [5, 5.41) is 11.4. The fraction of sp³-hybridized carbons (Fsp3) is 0.120. The van der Waals surface area contributed by atoms with Crippen LogP contribution in [0.2, 0.25) is 5.02 Å². The summed E-state index contributed by atoms with van der Waals surface area (Å²) in [5.41, 5.74) is 1.17. The summed E-state index contributed by atoms with van der Waals surface area (Å²) in [4.78, 5) is 28.2. The monoisotopic (exact) mass is 449 g/mol. The highest BCUT2D eigenvalue weighted by Gasteiger charge is 2.43. The SMILES string of the molecule is O=C1c2oc3ccc(Cl)cc3c(=O)c2[C@@H](c2ccc(F)cc2)N1C[C@@H](O)c1ccccc1. The average Bonchev–Trinajstić information content (AvgIpc) is 3.07. The van der Waals surface area contributed by atoms with E-state index in [2.05, 4.69) is 0 Å². The fourth-order valence-corrected chi connectivity index (χ4v) is 4.31. The van der Waals surface area contributed by atoms with Crippen molar-refractivity contribution < 1.29 is 18.7 Å². The topological polar surface area (TPSA) is 70.8 Å². The van der Waals surface area contributed by atoms with E-state index in [1.165, 1.54) is 35.2 Å². The molecule has 32 heavy (non-hydrogen) atoms. The summed E-state index contributed by atoms with van der Waals surface area (Å²) in [6.45, 7) is -0.0777. The standard InChI is InChI=1S/C25H17ClFNO4/c26-16-8-11-20-18(12-16)23(30)21-22(15-6-9-17(27)10-7-15)28(25(31)24(21)32-20)13-19(29)14-4-2-1-3-5-14/h1-12,19,22,29H,13H2/t19-,22-/m1/s1. The Kier molecular flexibility index (Phi) is 5.04. The van der Waals surface area contributed by atoms with Gasteiger partial charge in [-0.3, -0.25) is 9.59 Å². The van der Waals surface area contributed by atoms with Gasteiger partial charge in [-0.25, -0.2) is 4.39 Å². The molecule has 1 amide bonds. The molecule has 0 radical (unpaired) electrons. The van der Waals surface area contributed by atoms with Gasteiger partial charge < -0.3 is 14.4 Å². The number of carbonyl (C=O) groups excluding carboxylic acids is 1. The molecule has 1 aromatic heterocycles. The van der Waals surface area contributed by atoms with Crippen molar-refractivity contribution in [1.82, 2.24) is 4.90 Å². The number of benzene rings is 3. The van der Waals surface area contributed by atoms with Crippen molar-refractivity contribution in [2.75, 3.05) is 6.54 Å². The predicted molar refractivity (Wildman–Crippen MR) is 118 cm³/mol. The van der Waals surface area contributed by atoms with Gasteiger partial charge in [0.25, 0.3) is 5.91 Å². The summed E-state index contributed by atoms with van der Waals surface area (Å²) < 4.78 is 19.4. The maximum Gasteiger partial charge on any atom is 0.291 e. The first-order valence-electron chi connectivity index (χ1n) is 10.00. The van der Waals surface area contributed by atoms with Crippen molar-refractivity contribution in [3.05, 3.63) is 116 Å². The Hall–Kier alpha value is -3.48. The van der Waals surface area contributed by atoms with E-state index in [9.17, 15) is 19.1 Å². The molecule has 0 saturated heterocycles. The zero-order valence-corrected chi connectivity index (χ0v) is 17.4. The Morgan fingerprint density at radius 2 is 1.75 bits per heavy atom. The molecule has 1 aliphatic heterocycles. The van der Waals surface area contributed by atoms with Gasteiger partial charge in [0.2, 0.25) is 5.76 Å². The number of aliphatic hydroxyl groups is 1. The van der Waals surface area contributed by atoms with Crippen molar-refractivity contribution in [3.63, 3.8) is 0 Å². The van der Waals surface area contributed by atoms with Crippen molar-refractivity contribution in [1.29, 1.82) is 0 Å². The molecule has 1 aliphatic rings. The van der Waals surface area contributed by atoms with E-state index >= 15 is 0 Å². The van der Waals surface area contributed by atoms with Crippen LogP contribution in [0.3, 0.4) is 0 Å². The van der Waals surface area contributed by atoms with E-state index in [0.29, 0.717) is 16.1 Å². The smallest absolute Gasteiger partial charge is 0.291 e. The first kappa shape index (κ1) is 20.4. The normalized spacial score (nSPS) is 16.4. The molecule has 0 saturated carbocycles. The van der Waals surface area contributed by atoms with E-state index in [1.54, 1.807) is 36.4 Å². The number of hydrogen-bond donors (Lipinski definition) is 1. The lowest BCUT2D eigenvalue weighted by Gasteiger charge is -2.27. The van der Waals surface area contributed by atoms with Gasteiger partial charge in [-0.2, -0.15) is 0 Å². The zero-order chi connectivity index (χ0) is 22.4. The summed E-state index contributed by atoms with van der Waals surface area (Å²) in [5.74, 6) is -1.04. The number of fused-ring (bicyclic) bond motifs is 2. The second-order valence-corrected chi connectivity index (χ2v) is 8.09. The lowest BCUT2D eigenvalue weighted by atomic mass is 9.98. The number of nitrogens with zero attached hydrogens (tertiary/aromatic N) is 1. The maximum atomic E-state index is 13.6. The lowest BCUT2D eigenvalue weighted by Crippen LogP contribution is -2.33. The minimum absolute atomic E-state index is 0.0777. The quantitative estimate of drug-likeness (QED) is 0.483. The van der Waals surface area contributed by atoms with Crippen LogP contribution in [-0.4, -0.2) is 22.5 Å². The molecule has 5 rings (SSSR count). The van der Waals surface area contributed by atoms with Crippen molar-refractivity contribution in [2.24, 2.45) is 0 Å². The third kappa shape index (κ3) is 3.38. The van der Waals surface area contributed by atoms with Crippen LogP contribution in [0.4, 0.5) is 4.39 Å². The van der Waals surface area contributed by atoms with Gasteiger partial charge in [0.15, 0.2) is 5.43 Å². The summed E-state index contributed by atoms with van der Waals surface area (Å²) in [7, 11) is 0. The first-order chi connectivity index (χ1) is 15.4. The Morgan fingerprint density at radius 3 is 2.47 bits per heavy atom. The third-order valence-electron chi connectivity index (χ3n) is 5.67. The van der Waals surface area contributed by atoms with Gasteiger partial charge in [-0.1, -0.05) is 54.1 Å². The van der Waals surface area contributed by atoms with Crippen LogP contribution in [0, 0.1) is 5.82 Å². The Morgan fingerprint density at radius 1 is 1.03 bits per heavy atom. The van der Waals surface area contributed by atoms with E-state index < -0.39 is 23.9 Å². The summed E-state index contributed by atoms with van der Waals surface area (Å²) in [6, 6.07) is 18.3. The molecule has 1 N–H and O–H groups in total. The number of hydrogen-bond acceptors (Lipinski definition) is 4. The second kappa shape index (κ2) is 7.89. The highest BCUT2D eigenvalue weighted by Crippen LogP contribution is 2.39. The maximum absolute atomic E-state index is 13.6. The van der Waals surface area contributed by atoms with Crippen LogP contribution < -0.4 is 5.43 Å². The minimum Gasteiger partial charge on any atom is -0.450 e. The molecule has 0 unspecified atom stereocenters. The summed E-state index contributed by atoms with van der Waals surface area (Å²) >= 11 is 6.07. The van der Waals surface area contributed by atoms with Gasteiger partial charge in [-0.15, -0.1) is 0 Å². The van der Waals surface area contributed by atoms with Gasteiger partial charge in [-0.05, 0) is 41.5 Å². The molecule has 7 heteroatoms. The molecule has 0 aliphatic carbocycles. The Labute approximate surface area is 187 Å². The van der Waals surface area contributed by atoms with Crippen LogP contribution >= 0.6 is 11.6 Å². The van der Waals surface area contributed by atoms with Gasteiger partial charge >= 0.3 is 0 Å². The summed E-state index contributed by atoms with van der Waals surface area (Å²) in [6.07, 6.45) is -0.989. The largest absolute Gasteiger partial charge is 0.450 e. The molecule has 5 nitrogen and oxygen atoms in total. The number of aliphatic hydroxyl groups excluding tert-OH is 1. The highest BCUT2D eigenvalue weighted by molar-refractivity contribution is 6.31. The van der Waals surface area contributed by atoms with E-state index in [0.717, 1.165) is 0 Å². The molecule has 160 valence electrons. The second-order valence-electron chi connectivity index (χ2n) is 7.65. The fourth-order valence-electron chi connectivity index (χ4n) is 4.14. The van der Waals surface area contributed by atoms with Crippen LogP contribution in [0.15, 0.2) is 82.0 Å². The van der Waals surface area contributed by atoms with Crippen LogP contribution in [0.1, 0.15) is 39.4 Å². The molecule has 0 fully saturated rings. The third-order valence-corrected chi connectivity index (χ3v) is 5.90. The van der Waals surface area contributed by atoms with Crippen molar-refractivity contribution >= 4 is 28.5 Å². The van der Waals surface area contributed by atoms with E-state index in [4.69, 9.17) is 16.0 Å². The van der Waals surface area contributed by atoms with Crippen LogP contribution in [0.5, 0.6) is 0 Å². The highest BCUT2D eigenvalue weighted by atomic mass is 35.5. The van der Waals surface area contributed by atoms with Crippen molar-refractivity contribution in [2.45, 2.75) is 12.1 Å². The average molecular weight is 450 g/mol. The van der Waals surface area contributed by atoms with Gasteiger partial charge in [0, 0.05) is 5.02 Å². The molecule has 0 spiro atoms. The van der Waals surface area contributed by atoms with Crippen LogP contribution in [-0.2, 0) is 0 Å². The predicted octanol–water partition coefficient (Wildman–Crippen LogP) is 4.86. The number of halogens is 2. The molecular weight excluding hydrogens is 433 g/mol. The van der Waals surface area contributed by atoms with Gasteiger partial charge in [0.1, 0.15) is 11.4 Å². The van der Waals surface area contributed by atoms with Gasteiger partial charge in [0.05, 0.1) is 29.6 Å². The molecule has 2 atom stereocenters. The number of rotatable bonds is 4. The minimum atomic E-state index is -0.989. The van der Waals surface area contributed by atoms with Crippen LogP contribution in [0.25, 0.3) is 11.0 Å². The molecule has 4 aromatic rings.